The van der Waals surface area contributed by atoms with Crippen LogP contribution in [0.2, 0.25) is 0 Å². The van der Waals surface area contributed by atoms with Crippen molar-refractivity contribution in [1.82, 2.24) is 4.90 Å². The van der Waals surface area contributed by atoms with Gasteiger partial charge < -0.3 is 43.8 Å². The maximum absolute atomic E-state index is 14.2. The molecule has 1 N–H and O–H groups in total. The van der Waals surface area contributed by atoms with Crippen molar-refractivity contribution >= 4 is 40.4 Å². The van der Waals surface area contributed by atoms with Crippen molar-refractivity contribution in [3.63, 3.8) is 0 Å². The molecule has 2 saturated heterocycles. The normalized spacial score (nSPS) is 17.6. The summed E-state index contributed by atoms with van der Waals surface area (Å²) >= 11 is 0. The molecule has 0 saturated carbocycles. The van der Waals surface area contributed by atoms with E-state index in [1.54, 1.807) is 19.1 Å². The fourth-order valence-corrected chi connectivity index (χ4v) is 7.53. The highest BCUT2D eigenvalue weighted by Gasteiger charge is 2.41. The molecular weight excluding hydrogens is 701 g/mol. The molecule has 1 atom stereocenters. The van der Waals surface area contributed by atoms with E-state index >= 15 is 0 Å². The summed E-state index contributed by atoms with van der Waals surface area (Å²) in [4.78, 5) is 28.3. The molecule has 54 heavy (non-hydrogen) atoms. The van der Waals surface area contributed by atoms with Gasteiger partial charge in [-0.15, -0.1) is 0 Å². The number of anilines is 4. The van der Waals surface area contributed by atoms with Crippen molar-refractivity contribution in [2.45, 2.75) is 18.6 Å². The van der Waals surface area contributed by atoms with Crippen LogP contribution in [0.3, 0.4) is 0 Å². The Kier molecular flexibility index (Phi) is 10.3. The maximum atomic E-state index is 14.2. The summed E-state index contributed by atoms with van der Waals surface area (Å²) in [6.45, 7) is 4.93. The number of para-hydroxylation sites is 1. The number of carboxylic acid groups (broad SMARTS) is 1. The molecule has 7 rings (SSSR count). The summed E-state index contributed by atoms with van der Waals surface area (Å²) in [7, 11) is 4.66. The number of hydrogen-bond acceptors (Lipinski definition) is 10. The minimum atomic E-state index is -4.64. The van der Waals surface area contributed by atoms with E-state index in [0.29, 0.717) is 56.5 Å². The molecule has 11 nitrogen and oxygen atoms in total. The highest BCUT2D eigenvalue weighted by molar-refractivity contribution is 6.03. The molecule has 0 unspecified atom stereocenters. The Balaban J connectivity index is 1.29. The number of aliphatic imine (C=N–C) groups is 1. The molecule has 0 radical (unpaired) electrons. The quantitative estimate of drug-likeness (QED) is 0.195. The first-order valence-corrected chi connectivity index (χ1v) is 17.8. The molecule has 3 aliphatic rings. The number of ether oxygens (including phenoxy) is 3. The molecule has 4 aromatic carbocycles. The third kappa shape index (κ3) is 7.37. The van der Waals surface area contributed by atoms with Crippen molar-refractivity contribution in [2.75, 3.05) is 93.3 Å². The van der Waals surface area contributed by atoms with E-state index in [1.165, 1.54) is 13.2 Å². The van der Waals surface area contributed by atoms with Crippen molar-refractivity contribution < 1.29 is 37.3 Å². The summed E-state index contributed by atoms with van der Waals surface area (Å²) in [6.07, 6.45) is -5.03. The number of nitrogens with zero attached hydrogens (tertiary/aromatic N) is 6. The SMILES string of the molecule is COc1cccc(N2CCN(C3=Nc4c(cccc4N4CCN(c5cccc(OC)c5)CC4)[C@H](CC(=O)O)N3c3cc(C(F)(F)F)ccc3OC)CC2)c1. The van der Waals surface area contributed by atoms with Crippen LogP contribution in [-0.2, 0) is 11.0 Å². The van der Waals surface area contributed by atoms with Gasteiger partial charge in [-0.3, -0.25) is 4.79 Å². The van der Waals surface area contributed by atoms with E-state index in [9.17, 15) is 23.1 Å². The van der Waals surface area contributed by atoms with E-state index < -0.39 is 23.8 Å². The van der Waals surface area contributed by atoms with Gasteiger partial charge in [0, 0.05) is 81.4 Å². The molecule has 3 heterocycles. The number of benzene rings is 4. The van der Waals surface area contributed by atoms with Crippen LogP contribution in [0.25, 0.3) is 0 Å². The van der Waals surface area contributed by atoms with Crippen molar-refractivity contribution in [3.8, 4) is 17.2 Å². The van der Waals surface area contributed by atoms with Crippen LogP contribution in [0.5, 0.6) is 17.2 Å². The van der Waals surface area contributed by atoms with Gasteiger partial charge in [-0.1, -0.05) is 24.3 Å². The average Bonchev–Trinajstić information content (AvgIpc) is 3.20. The third-order valence-electron chi connectivity index (χ3n) is 10.3. The van der Waals surface area contributed by atoms with E-state index in [2.05, 4.69) is 20.8 Å². The number of guanidine groups is 1. The summed E-state index contributed by atoms with van der Waals surface area (Å²) in [6, 6.07) is 23.8. The summed E-state index contributed by atoms with van der Waals surface area (Å²) in [5, 5.41) is 10.3. The standard InChI is InChI=1S/C40H43F3N6O5/c1-52-30-9-4-7-28(24-30)45-15-19-47(20-16-45)33-12-6-11-32-34(26-37(50)51)49(35-23-27(40(41,42)43)13-14-36(35)54-3)39(44-38(32)33)48-21-17-46(18-22-48)29-8-5-10-31(25-29)53-2/h4-14,23-25,34H,15-22,26H2,1-3H3,(H,50,51)/t34-/m0/s1. The average molecular weight is 745 g/mol. The minimum absolute atomic E-state index is 0.0931. The van der Waals surface area contributed by atoms with Crippen molar-refractivity contribution in [1.29, 1.82) is 0 Å². The Bertz CT molecular complexity index is 2010. The summed E-state index contributed by atoms with van der Waals surface area (Å²) < 4.78 is 59.2. The predicted molar refractivity (Wildman–Crippen MR) is 203 cm³/mol. The third-order valence-corrected chi connectivity index (χ3v) is 10.3. The molecule has 3 aliphatic heterocycles. The molecule has 0 amide bonds. The Morgan fingerprint density at radius 2 is 1.26 bits per heavy atom. The zero-order chi connectivity index (χ0) is 38.0. The summed E-state index contributed by atoms with van der Waals surface area (Å²) in [5.41, 5.74) is 3.34. The second kappa shape index (κ2) is 15.3. The first-order valence-electron chi connectivity index (χ1n) is 17.8. The molecule has 14 heteroatoms. The second-order valence-electron chi connectivity index (χ2n) is 13.3. The fraction of sp³-hybridized carbons (Fsp3) is 0.350. The van der Waals surface area contributed by atoms with Crippen LogP contribution >= 0.6 is 0 Å². The van der Waals surface area contributed by atoms with Gasteiger partial charge in [0.25, 0.3) is 0 Å². The Morgan fingerprint density at radius 3 is 1.80 bits per heavy atom. The fourth-order valence-electron chi connectivity index (χ4n) is 7.53. The molecule has 4 aromatic rings. The van der Waals surface area contributed by atoms with Gasteiger partial charge in [0.05, 0.1) is 56.4 Å². The van der Waals surface area contributed by atoms with Gasteiger partial charge in [-0.2, -0.15) is 13.2 Å². The van der Waals surface area contributed by atoms with Crippen LogP contribution in [-0.4, -0.2) is 95.6 Å². The maximum Gasteiger partial charge on any atom is 0.416 e. The van der Waals surface area contributed by atoms with Crippen LogP contribution < -0.4 is 33.8 Å². The van der Waals surface area contributed by atoms with Gasteiger partial charge in [0.2, 0.25) is 5.96 Å². The lowest BCUT2D eigenvalue weighted by Gasteiger charge is -2.46. The number of carboxylic acids is 1. The molecule has 0 aliphatic carbocycles. The van der Waals surface area contributed by atoms with Crippen LogP contribution in [0.15, 0.2) is 89.9 Å². The molecular formula is C40H43F3N6O5. The summed E-state index contributed by atoms with van der Waals surface area (Å²) in [5.74, 6) is 0.973. The smallest absolute Gasteiger partial charge is 0.416 e. The van der Waals surface area contributed by atoms with Gasteiger partial charge >= 0.3 is 12.1 Å². The lowest BCUT2D eigenvalue weighted by atomic mass is 9.95. The highest BCUT2D eigenvalue weighted by atomic mass is 19.4. The van der Waals surface area contributed by atoms with Gasteiger partial charge in [-0.25, -0.2) is 4.99 Å². The number of fused-ring (bicyclic) bond motifs is 1. The second-order valence-corrected chi connectivity index (χ2v) is 13.3. The van der Waals surface area contributed by atoms with Gasteiger partial charge in [0.15, 0.2) is 0 Å². The number of rotatable bonds is 9. The topological polar surface area (TPSA) is 93.5 Å². The monoisotopic (exact) mass is 744 g/mol. The number of carbonyl (C=O) groups is 1. The van der Waals surface area contributed by atoms with Crippen LogP contribution in [0.4, 0.5) is 41.6 Å². The zero-order valence-electron chi connectivity index (χ0n) is 30.4. The lowest BCUT2D eigenvalue weighted by Crippen LogP contribution is -2.55. The Labute approximate surface area is 312 Å². The van der Waals surface area contributed by atoms with E-state index in [-0.39, 0.29) is 17.9 Å². The van der Waals surface area contributed by atoms with E-state index in [1.807, 2.05) is 65.6 Å². The Hall–Kier alpha value is -5.79. The zero-order valence-corrected chi connectivity index (χ0v) is 30.4. The van der Waals surface area contributed by atoms with E-state index in [4.69, 9.17) is 19.2 Å². The first kappa shape index (κ1) is 36.6. The number of methoxy groups -OCH3 is 3. The Morgan fingerprint density at radius 1 is 0.704 bits per heavy atom. The number of halogens is 3. The van der Waals surface area contributed by atoms with Crippen molar-refractivity contribution in [2.24, 2.45) is 4.99 Å². The van der Waals surface area contributed by atoms with Gasteiger partial charge in [-0.05, 0) is 48.5 Å². The number of aliphatic carboxylic acids is 1. The molecule has 0 bridgehead atoms. The van der Waals surface area contributed by atoms with Crippen LogP contribution in [0, 0.1) is 0 Å². The predicted octanol–water partition coefficient (Wildman–Crippen LogP) is 6.90. The van der Waals surface area contributed by atoms with Gasteiger partial charge in [0.1, 0.15) is 17.2 Å². The lowest BCUT2D eigenvalue weighted by molar-refractivity contribution is -0.138. The van der Waals surface area contributed by atoms with E-state index in [0.717, 1.165) is 53.8 Å². The first-order chi connectivity index (χ1) is 26.1. The minimum Gasteiger partial charge on any atom is -0.497 e. The molecule has 2 fully saturated rings. The number of alkyl halides is 3. The number of hydrogen-bond donors (Lipinski definition) is 1. The molecule has 0 aromatic heterocycles. The molecule has 0 spiro atoms. The van der Waals surface area contributed by atoms with Crippen molar-refractivity contribution in [3.05, 3.63) is 96.1 Å². The highest BCUT2D eigenvalue weighted by Crippen LogP contribution is 2.48. The largest absolute Gasteiger partial charge is 0.497 e. The van der Waals surface area contributed by atoms with Crippen LogP contribution in [0.1, 0.15) is 23.6 Å². The molecule has 284 valence electrons. The number of piperazine rings is 2.